The number of amides is 2. The Bertz CT molecular complexity index is 983. The Hall–Kier alpha value is -3.68. The molecule has 0 spiro atoms. The number of fused-ring (bicyclic) bond motifs is 1. The highest BCUT2D eigenvalue weighted by atomic mass is 16.5. The van der Waals surface area contributed by atoms with Crippen molar-refractivity contribution in [3.05, 3.63) is 64.7 Å². The van der Waals surface area contributed by atoms with Crippen LogP contribution in [0.15, 0.2) is 47.5 Å². The maximum Gasteiger partial charge on any atom is 0.325 e. The molecule has 3 rings (SSSR count). The fourth-order valence-corrected chi connectivity index (χ4v) is 3.11. The van der Waals surface area contributed by atoms with Crippen molar-refractivity contribution in [2.24, 2.45) is 10.7 Å². The summed E-state index contributed by atoms with van der Waals surface area (Å²) in [4.78, 5) is 41.9. The number of carbonyl (C=O) groups is 3. The van der Waals surface area contributed by atoms with E-state index in [9.17, 15) is 14.4 Å². The summed E-state index contributed by atoms with van der Waals surface area (Å²) in [5.41, 5.74) is 8.94. The van der Waals surface area contributed by atoms with E-state index in [1.165, 1.54) is 12.0 Å². The fraction of sp³-hybridized carbons (Fsp3) is 0.238. The average molecular weight is 394 g/mol. The number of methoxy groups -OCH3 is 1. The van der Waals surface area contributed by atoms with Crippen molar-refractivity contribution in [2.75, 3.05) is 32.6 Å². The molecule has 0 saturated carbocycles. The molecule has 0 fully saturated rings. The smallest absolute Gasteiger partial charge is 0.325 e. The van der Waals surface area contributed by atoms with Crippen molar-refractivity contribution >= 4 is 29.3 Å². The molecule has 2 aromatic carbocycles. The van der Waals surface area contributed by atoms with Crippen LogP contribution >= 0.6 is 0 Å². The third kappa shape index (κ3) is 4.43. The van der Waals surface area contributed by atoms with Gasteiger partial charge in [-0.3, -0.25) is 19.4 Å². The van der Waals surface area contributed by atoms with Crippen LogP contribution in [0.2, 0.25) is 0 Å². The molecule has 8 heteroatoms. The first kappa shape index (κ1) is 20.1. The van der Waals surface area contributed by atoms with Crippen LogP contribution < -0.4 is 11.1 Å². The number of benzene rings is 2. The first-order valence-electron chi connectivity index (χ1n) is 9.06. The summed E-state index contributed by atoms with van der Waals surface area (Å²) in [5.74, 6) is -0.542. The van der Waals surface area contributed by atoms with E-state index in [0.29, 0.717) is 35.6 Å². The number of hydrogen-bond donors (Lipinski definition) is 2. The van der Waals surface area contributed by atoms with Crippen LogP contribution in [0.1, 0.15) is 31.8 Å². The zero-order chi connectivity index (χ0) is 21.0. The summed E-state index contributed by atoms with van der Waals surface area (Å²) in [5, 5.41) is 2.84. The van der Waals surface area contributed by atoms with E-state index in [-0.39, 0.29) is 18.4 Å². The molecule has 0 bridgehead atoms. The number of esters is 1. The quantitative estimate of drug-likeness (QED) is 0.453. The SMILES string of the molecule is CN=C(N)c1ccc(C(=O)Nc2ccc3c(c2)CCN(CC(=O)OC)C3=O)cc1. The second-order valence-electron chi connectivity index (χ2n) is 6.57. The number of aliphatic imine (C=N–C) groups is 1. The molecular formula is C21H22N4O4. The van der Waals surface area contributed by atoms with Crippen molar-refractivity contribution in [3.8, 4) is 0 Å². The van der Waals surface area contributed by atoms with Gasteiger partial charge in [0.15, 0.2) is 0 Å². The molecule has 8 nitrogen and oxygen atoms in total. The van der Waals surface area contributed by atoms with Gasteiger partial charge in [-0.15, -0.1) is 0 Å². The van der Waals surface area contributed by atoms with Crippen molar-refractivity contribution in [1.82, 2.24) is 4.90 Å². The lowest BCUT2D eigenvalue weighted by molar-refractivity contribution is -0.141. The lowest BCUT2D eigenvalue weighted by atomic mass is 9.98. The Morgan fingerprint density at radius 2 is 1.86 bits per heavy atom. The zero-order valence-corrected chi connectivity index (χ0v) is 16.3. The molecule has 2 aromatic rings. The molecule has 150 valence electrons. The summed E-state index contributed by atoms with van der Waals surface area (Å²) in [6.45, 7) is 0.344. The zero-order valence-electron chi connectivity index (χ0n) is 16.3. The van der Waals surface area contributed by atoms with E-state index in [4.69, 9.17) is 5.73 Å². The highest BCUT2D eigenvalue weighted by molar-refractivity contribution is 6.06. The standard InChI is InChI=1S/C21H22N4O4/c1-23-19(22)13-3-5-14(6-4-13)20(27)24-16-7-8-17-15(11-16)9-10-25(21(17)28)12-18(26)29-2/h3-8,11H,9-10,12H2,1-2H3,(H2,22,23)(H,24,27). The normalized spacial score (nSPS) is 13.7. The maximum absolute atomic E-state index is 12.5. The minimum atomic E-state index is -0.455. The largest absolute Gasteiger partial charge is 0.468 e. The number of nitrogens with two attached hydrogens (primary N) is 1. The molecular weight excluding hydrogens is 372 g/mol. The lowest BCUT2D eigenvalue weighted by Crippen LogP contribution is -2.41. The molecule has 1 aliphatic rings. The molecule has 2 amide bonds. The number of anilines is 1. The monoisotopic (exact) mass is 394 g/mol. The number of ether oxygens (including phenoxy) is 1. The Morgan fingerprint density at radius 3 is 2.52 bits per heavy atom. The first-order chi connectivity index (χ1) is 13.9. The third-order valence-corrected chi connectivity index (χ3v) is 4.76. The number of rotatable bonds is 5. The van der Waals surface area contributed by atoms with Gasteiger partial charge in [-0.25, -0.2) is 0 Å². The van der Waals surface area contributed by atoms with Gasteiger partial charge >= 0.3 is 5.97 Å². The molecule has 0 atom stereocenters. The molecule has 0 saturated heterocycles. The van der Waals surface area contributed by atoms with Crippen molar-refractivity contribution in [1.29, 1.82) is 0 Å². The van der Waals surface area contributed by atoms with Crippen LogP contribution in [0.25, 0.3) is 0 Å². The van der Waals surface area contributed by atoms with Gasteiger partial charge in [-0.05, 0) is 42.3 Å². The predicted molar refractivity (Wildman–Crippen MR) is 109 cm³/mol. The fourth-order valence-electron chi connectivity index (χ4n) is 3.11. The Labute approximate surface area is 168 Å². The third-order valence-electron chi connectivity index (χ3n) is 4.76. The topological polar surface area (TPSA) is 114 Å². The summed E-state index contributed by atoms with van der Waals surface area (Å²) >= 11 is 0. The molecule has 1 aliphatic heterocycles. The van der Waals surface area contributed by atoms with Gasteiger partial charge in [0.05, 0.1) is 7.11 Å². The molecule has 3 N–H and O–H groups in total. The van der Waals surface area contributed by atoms with Gasteiger partial charge in [0.2, 0.25) is 0 Å². The van der Waals surface area contributed by atoms with Crippen molar-refractivity contribution in [2.45, 2.75) is 6.42 Å². The van der Waals surface area contributed by atoms with Crippen LogP contribution in [-0.4, -0.2) is 55.8 Å². The first-order valence-corrected chi connectivity index (χ1v) is 9.06. The van der Waals surface area contributed by atoms with Crippen LogP contribution in [-0.2, 0) is 16.0 Å². The summed E-state index contributed by atoms with van der Waals surface area (Å²) in [6, 6.07) is 11.9. The summed E-state index contributed by atoms with van der Waals surface area (Å²) < 4.78 is 4.63. The van der Waals surface area contributed by atoms with Crippen molar-refractivity contribution < 1.29 is 19.1 Å². The van der Waals surface area contributed by atoms with Crippen LogP contribution in [0.5, 0.6) is 0 Å². The predicted octanol–water partition coefficient (Wildman–Crippen LogP) is 1.45. The highest BCUT2D eigenvalue weighted by Gasteiger charge is 2.26. The molecule has 1 heterocycles. The molecule has 0 aliphatic carbocycles. The average Bonchev–Trinajstić information content (AvgIpc) is 2.75. The van der Waals surface area contributed by atoms with Crippen LogP contribution in [0, 0.1) is 0 Å². The van der Waals surface area contributed by atoms with E-state index in [1.54, 1.807) is 49.5 Å². The second kappa shape index (κ2) is 8.55. The Kier molecular flexibility index (Phi) is 5.92. The molecule has 0 radical (unpaired) electrons. The molecule has 0 aromatic heterocycles. The Balaban J connectivity index is 1.71. The number of hydrogen-bond acceptors (Lipinski definition) is 5. The van der Waals surface area contributed by atoms with Gasteiger partial charge in [0.25, 0.3) is 11.8 Å². The van der Waals surface area contributed by atoms with Crippen LogP contribution in [0.3, 0.4) is 0 Å². The van der Waals surface area contributed by atoms with E-state index >= 15 is 0 Å². The Morgan fingerprint density at radius 1 is 1.17 bits per heavy atom. The van der Waals surface area contributed by atoms with Gasteiger partial charge < -0.3 is 20.7 Å². The minimum Gasteiger partial charge on any atom is -0.468 e. The summed E-state index contributed by atoms with van der Waals surface area (Å²) in [6.07, 6.45) is 0.589. The van der Waals surface area contributed by atoms with Gasteiger partial charge in [-0.2, -0.15) is 0 Å². The minimum absolute atomic E-state index is 0.0729. The van der Waals surface area contributed by atoms with Crippen molar-refractivity contribution in [3.63, 3.8) is 0 Å². The number of nitrogens with zero attached hydrogens (tertiary/aromatic N) is 2. The number of carbonyl (C=O) groups excluding carboxylic acids is 3. The molecule has 29 heavy (non-hydrogen) atoms. The lowest BCUT2D eigenvalue weighted by Gasteiger charge is -2.27. The summed E-state index contributed by atoms with van der Waals surface area (Å²) in [7, 11) is 2.89. The van der Waals surface area contributed by atoms with E-state index in [1.807, 2.05) is 0 Å². The van der Waals surface area contributed by atoms with Gasteiger partial charge in [-0.1, -0.05) is 12.1 Å². The number of nitrogens with one attached hydrogen (secondary N) is 1. The van der Waals surface area contributed by atoms with E-state index < -0.39 is 5.97 Å². The van der Waals surface area contributed by atoms with E-state index in [2.05, 4.69) is 15.0 Å². The highest BCUT2D eigenvalue weighted by Crippen LogP contribution is 2.23. The second-order valence-corrected chi connectivity index (χ2v) is 6.57. The van der Waals surface area contributed by atoms with Gasteiger partial charge in [0, 0.05) is 36.0 Å². The number of amidine groups is 1. The van der Waals surface area contributed by atoms with Gasteiger partial charge in [0.1, 0.15) is 12.4 Å². The molecule has 0 unspecified atom stereocenters. The van der Waals surface area contributed by atoms with E-state index in [0.717, 1.165) is 11.1 Å². The van der Waals surface area contributed by atoms with Crippen LogP contribution in [0.4, 0.5) is 5.69 Å². The maximum atomic E-state index is 12.5.